The number of aromatic nitrogens is 1. The monoisotopic (exact) mass is 272 g/mol. The number of phenolic OH excluding ortho intramolecular Hbond substituents is 1. The topological polar surface area (TPSA) is 71.5 Å². The maximum absolute atomic E-state index is 12.0. The van der Waals surface area contributed by atoms with Crippen LogP contribution in [0.1, 0.15) is 21.6 Å². The van der Waals surface area contributed by atoms with Crippen LogP contribution in [0.2, 0.25) is 0 Å². The summed E-state index contributed by atoms with van der Waals surface area (Å²) in [6.07, 6.45) is 1.71. The number of hydrogen-bond acceptors (Lipinski definition) is 4. The Morgan fingerprint density at radius 3 is 2.80 bits per heavy atom. The average Bonchev–Trinajstić information content (AvgIpc) is 2.47. The zero-order valence-electron chi connectivity index (χ0n) is 11.4. The maximum Gasteiger partial charge on any atom is 0.255 e. The standard InChI is InChI=1S/C15H16N2O3/c1-10-3-4-11(8-16-10)9-17-15(19)13-7-12(20-2)5-6-14(13)18/h3-8,18H,9H2,1-2H3,(H,17,19). The fourth-order valence-electron chi connectivity index (χ4n) is 1.70. The Morgan fingerprint density at radius 2 is 2.15 bits per heavy atom. The number of ether oxygens (including phenoxy) is 1. The van der Waals surface area contributed by atoms with Gasteiger partial charge in [0, 0.05) is 18.4 Å². The molecule has 2 aromatic rings. The van der Waals surface area contributed by atoms with Crippen LogP contribution < -0.4 is 10.1 Å². The Balaban J connectivity index is 2.06. The van der Waals surface area contributed by atoms with Gasteiger partial charge in [0.25, 0.3) is 5.91 Å². The number of phenols is 1. The molecular weight excluding hydrogens is 256 g/mol. The van der Waals surface area contributed by atoms with Crippen molar-refractivity contribution in [3.8, 4) is 11.5 Å². The van der Waals surface area contributed by atoms with Gasteiger partial charge in [-0.3, -0.25) is 9.78 Å². The number of carbonyl (C=O) groups is 1. The lowest BCUT2D eigenvalue weighted by Crippen LogP contribution is -2.23. The van der Waals surface area contributed by atoms with Crippen molar-refractivity contribution >= 4 is 5.91 Å². The van der Waals surface area contributed by atoms with Gasteiger partial charge in [-0.2, -0.15) is 0 Å². The fraction of sp³-hybridized carbons (Fsp3) is 0.200. The van der Waals surface area contributed by atoms with E-state index < -0.39 is 0 Å². The summed E-state index contributed by atoms with van der Waals surface area (Å²) in [7, 11) is 1.51. The summed E-state index contributed by atoms with van der Waals surface area (Å²) >= 11 is 0. The SMILES string of the molecule is COc1ccc(O)c(C(=O)NCc2ccc(C)nc2)c1. The number of aryl methyl sites for hydroxylation is 1. The lowest BCUT2D eigenvalue weighted by atomic mass is 10.1. The molecule has 0 saturated carbocycles. The van der Waals surface area contributed by atoms with Crippen LogP contribution in [-0.2, 0) is 6.54 Å². The number of hydrogen-bond donors (Lipinski definition) is 2. The molecule has 0 unspecified atom stereocenters. The van der Waals surface area contributed by atoms with E-state index in [2.05, 4.69) is 10.3 Å². The number of methoxy groups -OCH3 is 1. The van der Waals surface area contributed by atoms with E-state index in [4.69, 9.17) is 4.74 Å². The van der Waals surface area contributed by atoms with Crippen molar-refractivity contribution in [2.45, 2.75) is 13.5 Å². The molecule has 0 bridgehead atoms. The maximum atomic E-state index is 12.0. The largest absolute Gasteiger partial charge is 0.507 e. The van der Waals surface area contributed by atoms with Gasteiger partial charge in [-0.25, -0.2) is 0 Å². The average molecular weight is 272 g/mol. The van der Waals surface area contributed by atoms with E-state index in [1.807, 2.05) is 19.1 Å². The Hall–Kier alpha value is -2.56. The normalized spacial score (nSPS) is 10.1. The Labute approximate surface area is 117 Å². The number of carbonyl (C=O) groups excluding carboxylic acids is 1. The summed E-state index contributed by atoms with van der Waals surface area (Å²) in [5.41, 5.74) is 2.00. The first-order valence-corrected chi connectivity index (χ1v) is 6.17. The molecule has 0 fully saturated rings. The van der Waals surface area contributed by atoms with Gasteiger partial charge in [0.1, 0.15) is 11.5 Å². The Kier molecular flexibility index (Phi) is 4.20. The second-order valence-electron chi connectivity index (χ2n) is 4.37. The van der Waals surface area contributed by atoms with E-state index in [1.165, 1.54) is 19.2 Å². The summed E-state index contributed by atoms with van der Waals surface area (Å²) in [6.45, 7) is 2.25. The van der Waals surface area contributed by atoms with Crippen molar-refractivity contribution in [3.63, 3.8) is 0 Å². The second kappa shape index (κ2) is 6.06. The highest BCUT2D eigenvalue weighted by atomic mass is 16.5. The number of pyridine rings is 1. The molecule has 1 aromatic heterocycles. The molecule has 2 N–H and O–H groups in total. The molecule has 0 aliphatic carbocycles. The van der Waals surface area contributed by atoms with E-state index in [0.29, 0.717) is 12.3 Å². The third kappa shape index (κ3) is 3.26. The summed E-state index contributed by atoms with van der Waals surface area (Å²) < 4.78 is 5.03. The zero-order valence-corrected chi connectivity index (χ0v) is 11.4. The third-order valence-corrected chi connectivity index (χ3v) is 2.87. The highest BCUT2D eigenvalue weighted by Crippen LogP contribution is 2.22. The number of amides is 1. The van der Waals surface area contributed by atoms with Crippen LogP contribution in [-0.4, -0.2) is 23.1 Å². The number of nitrogens with zero attached hydrogens (tertiary/aromatic N) is 1. The highest BCUT2D eigenvalue weighted by Gasteiger charge is 2.12. The minimum absolute atomic E-state index is 0.0784. The van der Waals surface area contributed by atoms with Gasteiger partial charge in [0.15, 0.2) is 0 Å². The van der Waals surface area contributed by atoms with Crippen LogP contribution in [0.5, 0.6) is 11.5 Å². The molecule has 20 heavy (non-hydrogen) atoms. The van der Waals surface area contributed by atoms with Gasteiger partial charge in [0.05, 0.1) is 12.7 Å². The second-order valence-corrected chi connectivity index (χ2v) is 4.37. The minimum atomic E-state index is -0.359. The smallest absolute Gasteiger partial charge is 0.255 e. The lowest BCUT2D eigenvalue weighted by molar-refractivity contribution is 0.0948. The third-order valence-electron chi connectivity index (χ3n) is 2.87. The van der Waals surface area contributed by atoms with Crippen LogP contribution in [0.3, 0.4) is 0 Å². The van der Waals surface area contributed by atoms with Crippen molar-refractivity contribution in [2.75, 3.05) is 7.11 Å². The predicted octanol–water partition coefficient (Wildman–Crippen LogP) is 2.03. The van der Waals surface area contributed by atoms with Gasteiger partial charge in [0.2, 0.25) is 0 Å². The predicted molar refractivity (Wildman–Crippen MR) is 74.8 cm³/mol. The summed E-state index contributed by atoms with van der Waals surface area (Å²) in [5.74, 6) is 0.0808. The van der Waals surface area contributed by atoms with Crippen molar-refractivity contribution in [1.29, 1.82) is 0 Å². The first kappa shape index (κ1) is 13.9. The van der Waals surface area contributed by atoms with Crippen molar-refractivity contribution in [3.05, 3.63) is 53.3 Å². The van der Waals surface area contributed by atoms with Gasteiger partial charge in [-0.1, -0.05) is 6.07 Å². The number of nitrogens with one attached hydrogen (secondary N) is 1. The van der Waals surface area contributed by atoms with Gasteiger partial charge in [-0.05, 0) is 36.8 Å². The van der Waals surface area contributed by atoms with E-state index in [0.717, 1.165) is 11.3 Å². The molecule has 1 heterocycles. The first-order valence-electron chi connectivity index (χ1n) is 6.17. The van der Waals surface area contributed by atoms with Crippen LogP contribution in [0.4, 0.5) is 0 Å². The summed E-state index contributed by atoms with van der Waals surface area (Å²) in [6, 6.07) is 8.30. The van der Waals surface area contributed by atoms with Gasteiger partial charge in [-0.15, -0.1) is 0 Å². The van der Waals surface area contributed by atoms with Crippen molar-refractivity contribution < 1.29 is 14.6 Å². The van der Waals surface area contributed by atoms with Crippen molar-refractivity contribution in [2.24, 2.45) is 0 Å². The van der Waals surface area contributed by atoms with Crippen LogP contribution >= 0.6 is 0 Å². The number of aromatic hydroxyl groups is 1. The molecule has 104 valence electrons. The minimum Gasteiger partial charge on any atom is -0.507 e. The quantitative estimate of drug-likeness (QED) is 0.893. The Bertz CT molecular complexity index is 609. The molecule has 1 amide bonds. The van der Waals surface area contributed by atoms with E-state index in [1.54, 1.807) is 12.3 Å². The molecule has 0 radical (unpaired) electrons. The molecule has 1 aromatic carbocycles. The molecule has 2 rings (SSSR count). The summed E-state index contributed by atoms with van der Waals surface area (Å²) in [4.78, 5) is 16.2. The fourth-order valence-corrected chi connectivity index (χ4v) is 1.70. The molecule has 0 aliphatic rings. The van der Waals surface area contributed by atoms with Crippen molar-refractivity contribution in [1.82, 2.24) is 10.3 Å². The van der Waals surface area contributed by atoms with E-state index in [-0.39, 0.29) is 17.2 Å². The molecule has 0 aliphatic heterocycles. The highest BCUT2D eigenvalue weighted by molar-refractivity contribution is 5.97. The van der Waals surface area contributed by atoms with Gasteiger partial charge >= 0.3 is 0 Å². The number of benzene rings is 1. The van der Waals surface area contributed by atoms with Crippen LogP contribution in [0.25, 0.3) is 0 Å². The zero-order chi connectivity index (χ0) is 14.5. The Morgan fingerprint density at radius 1 is 1.35 bits per heavy atom. The molecule has 0 saturated heterocycles. The lowest BCUT2D eigenvalue weighted by Gasteiger charge is -2.08. The molecule has 0 spiro atoms. The van der Waals surface area contributed by atoms with Crippen LogP contribution in [0.15, 0.2) is 36.5 Å². The van der Waals surface area contributed by atoms with Gasteiger partial charge < -0.3 is 15.2 Å². The van der Waals surface area contributed by atoms with E-state index >= 15 is 0 Å². The van der Waals surface area contributed by atoms with Crippen LogP contribution in [0, 0.1) is 6.92 Å². The molecular formula is C15H16N2O3. The number of rotatable bonds is 4. The first-order chi connectivity index (χ1) is 9.60. The molecule has 5 heteroatoms. The molecule has 0 atom stereocenters. The molecule has 5 nitrogen and oxygen atoms in total. The summed E-state index contributed by atoms with van der Waals surface area (Å²) in [5, 5.41) is 12.4. The van der Waals surface area contributed by atoms with E-state index in [9.17, 15) is 9.90 Å².